The molecule has 0 rings (SSSR count). The van der Waals surface area contributed by atoms with Crippen molar-refractivity contribution in [1.82, 2.24) is 0 Å². The van der Waals surface area contributed by atoms with Crippen LogP contribution in [0.1, 0.15) is 278 Å². The topological polar surface area (TPSA) is 78.9 Å². The number of rotatable bonds is 49. The van der Waals surface area contributed by atoms with E-state index in [0.717, 1.165) is 83.5 Å². The highest BCUT2D eigenvalue weighted by atomic mass is 16.6. The van der Waals surface area contributed by atoms with Crippen LogP contribution < -0.4 is 0 Å². The molecule has 0 saturated heterocycles. The maximum absolute atomic E-state index is 12.7. The van der Waals surface area contributed by atoms with Crippen molar-refractivity contribution >= 4 is 17.9 Å². The van der Waals surface area contributed by atoms with Crippen molar-refractivity contribution in [2.45, 2.75) is 284 Å². The Kier molecular flexibility index (Phi) is 49.8. The van der Waals surface area contributed by atoms with E-state index in [9.17, 15) is 14.4 Å². The van der Waals surface area contributed by atoms with Gasteiger partial charge in [-0.05, 0) is 57.8 Å². The summed E-state index contributed by atoms with van der Waals surface area (Å²) in [5.41, 5.74) is 0. The third kappa shape index (κ3) is 50.2. The maximum atomic E-state index is 12.7. The smallest absolute Gasteiger partial charge is 0.306 e. The van der Waals surface area contributed by atoms with E-state index in [4.69, 9.17) is 14.2 Å². The number of carbonyl (C=O) groups is 3. The quantitative estimate of drug-likeness (QED) is 0.0262. The largest absolute Gasteiger partial charge is 0.462 e. The number of allylic oxidation sites excluding steroid dienone is 8. The molecule has 0 aromatic rings. The zero-order valence-corrected chi connectivity index (χ0v) is 41.8. The number of carbonyl (C=O) groups excluding carboxylic acids is 3. The summed E-state index contributed by atoms with van der Waals surface area (Å²) in [6, 6.07) is 0. The van der Waals surface area contributed by atoms with Gasteiger partial charge in [0.25, 0.3) is 0 Å². The Morgan fingerprint density at radius 1 is 0.333 bits per heavy atom. The Labute approximate surface area is 390 Å². The van der Waals surface area contributed by atoms with Crippen molar-refractivity contribution < 1.29 is 28.6 Å². The van der Waals surface area contributed by atoms with Crippen LogP contribution in [0.25, 0.3) is 0 Å². The summed E-state index contributed by atoms with van der Waals surface area (Å²) >= 11 is 0. The van der Waals surface area contributed by atoms with Crippen molar-refractivity contribution in [3.05, 3.63) is 48.6 Å². The van der Waals surface area contributed by atoms with Crippen molar-refractivity contribution in [1.29, 1.82) is 0 Å². The molecule has 63 heavy (non-hydrogen) atoms. The van der Waals surface area contributed by atoms with Gasteiger partial charge in [-0.15, -0.1) is 0 Å². The molecule has 0 amide bonds. The first-order chi connectivity index (χ1) is 31.0. The van der Waals surface area contributed by atoms with Crippen molar-refractivity contribution in [3.8, 4) is 0 Å². The molecule has 0 aliphatic heterocycles. The molecule has 6 heteroatoms. The summed E-state index contributed by atoms with van der Waals surface area (Å²) in [5, 5.41) is 0. The highest BCUT2D eigenvalue weighted by Crippen LogP contribution is 2.16. The van der Waals surface area contributed by atoms with Gasteiger partial charge < -0.3 is 14.2 Å². The normalized spacial score (nSPS) is 12.4. The second-order valence-electron chi connectivity index (χ2n) is 18.1. The predicted octanol–water partition coefficient (Wildman–Crippen LogP) is 17.9. The Morgan fingerprint density at radius 3 is 0.968 bits per heavy atom. The highest BCUT2D eigenvalue weighted by Gasteiger charge is 2.19. The van der Waals surface area contributed by atoms with Gasteiger partial charge >= 0.3 is 17.9 Å². The van der Waals surface area contributed by atoms with Gasteiger partial charge in [0.05, 0.1) is 0 Å². The third-order valence-corrected chi connectivity index (χ3v) is 11.8. The monoisotopic (exact) mass is 883 g/mol. The van der Waals surface area contributed by atoms with Crippen LogP contribution in [0.15, 0.2) is 48.6 Å². The third-order valence-electron chi connectivity index (χ3n) is 11.8. The van der Waals surface area contributed by atoms with Crippen LogP contribution >= 0.6 is 0 Å². The van der Waals surface area contributed by atoms with Gasteiger partial charge in [-0.3, -0.25) is 14.4 Å². The molecule has 0 heterocycles. The summed E-state index contributed by atoms with van der Waals surface area (Å²) in [4.78, 5) is 37.8. The van der Waals surface area contributed by atoms with Gasteiger partial charge in [0.15, 0.2) is 6.10 Å². The molecule has 0 aliphatic rings. The molecule has 0 radical (unpaired) electrons. The lowest BCUT2D eigenvalue weighted by molar-refractivity contribution is -0.167. The number of unbranched alkanes of at least 4 members (excludes halogenated alkanes) is 30. The fourth-order valence-corrected chi connectivity index (χ4v) is 7.79. The second-order valence-corrected chi connectivity index (χ2v) is 18.1. The van der Waals surface area contributed by atoms with E-state index in [0.29, 0.717) is 19.3 Å². The van der Waals surface area contributed by atoms with E-state index in [1.165, 1.54) is 154 Å². The molecule has 0 fully saturated rings. The number of ether oxygens (including phenoxy) is 3. The van der Waals surface area contributed by atoms with Crippen LogP contribution in [-0.4, -0.2) is 37.2 Å². The molecule has 0 N–H and O–H groups in total. The lowest BCUT2D eigenvalue weighted by Crippen LogP contribution is -2.30. The van der Waals surface area contributed by atoms with Crippen LogP contribution in [-0.2, 0) is 28.6 Å². The summed E-state index contributed by atoms with van der Waals surface area (Å²) in [7, 11) is 0. The highest BCUT2D eigenvalue weighted by molar-refractivity contribution is 5.71. The molecule has 0 bridgehead atoms. The Bertz CT molecular complexity index is 1110. The molecule has 1 atom stereocenters. The van der Waals surface area contributed by atoms with Gasteiger partial charge in [0.2, 0.25) is 0 Å². The lowest BCUT2D eigenvalue weighted by Gasteiger charge is -2.18. The van der Waals surface area contributed by atoms with E-state index in [2.05, 4.69) is 69.4 Å². The Morgan fingerprint density at radius 2 is 0.619 bits per heavy atom. The zero-order valence-electron chi connectivity index (χ0n) is 41.8. The van der Waals surface area contributed by atoms with E-state index in [-0.39, 0.29) is 31.1 Å². The molecule has 0 aromatic heterocycles. The fourth-order valence-electron chi connectivity index (χ4n) is 7.79. The number of hydrogen-bond acceptors (Lipinski definition) is 6. The van der Waals surface area contributed by atoms with Crippen molar-refractivity contribution in [3.63, 3.8) is 0 Å². The molecule has 366 valence electrons. The van der Waals surface area contributed by atoms with Gasteiger partial charge in [0, 0.05) is 19.3 Å². The van der Waals surface area contributed by atoms with Gasteiger partial charge in [-0.25, -0.2) is 0 Å². The van der Waals surface area contributed by atoms with Gasteiger partial charge in [-0.1, -0.05) is 249 Å². The van der Waals surface area contributed by atoms with Gasteiger partial charge in [0.1, 0.15) is 13.2 Å². The van der Waals surface area contributed by atoms with Gasteiger partial charge in [-0.2, -0.15) is 0 Å². The Balaban J connectivity index is 4.05. The maximum Gasteiger partial charge on any atom is 0.306 e. The summed E-state index contributed by atoms with van der Waals surface area (Å²) in [5.74, 6) is -0.867. The minimum Gasteiger partial charge on any atom is -0.462 e. The lowest BCUT2D eigenvalue weighted by atomic mass is 10.0. The van der Waals surface area contributed by atoms with Crippen LogP contribution in [0.4, 0.5) is 0 Å². The molecule has 0 aromatic carbocycles. The van der Waals surface area contributed by atoms with Crippen LogP contribution in [0.3, 0.4) is 0 Å². The molecule has 6 nitrogen and oxygen atoms in total. The van der Waals surface area contributed by atoms with E-state index in [1.807, 2.05) is 0 Å². The molecule has 0 spiro atoms. The van der Waals surface area contributed by atoms with Crippen molar-refractivity contribution in [2.24, 2.45) is 0 Å². The minimum absolute atomic E-state index is 0.0691. The zero-order chi connectivity index (χ0) is 45.8. The van der Waals surface area contributed by atoms with E-state index in [1.54, 1.807) is 0 Å². The predicted molar refractivity (Wildman–Crippen MR) is 270 cm³/mol. The van der Waals surface area contributed by atoms with Crippen LogP contribution in [0.5, 0.6) is 0 Å². The first-order valence-electron chi connectivity index (χ1n) is 27.1. The average molecular weight is 883 g/mol. The first-order valence-corrected chi connectivity index (χ1v) is 27.1. The van der Waals surface area contributed by atoms with E-state index >= 15 is 0 Å². The van der Waals surface area contributed by atoms with E-state index < -0.39 is 6.10 Å². The second kappa shape index (κ2) is 52.0. The summed E-state index contributed by atoms with van der Waals surface area (Å²) < 4.78 is 16.7. The number of hydrogen-bond donors (Lipinski definition) is 0. The standard InChI is InChI=1S/C57H102O6/c1-4-7-10-13-16-18-20-21-22-23-24-25-26-27-28-29-30-31-32-33-34-35-37-38-41-44-47-50-56(59)62-53-54(52-61-55(58)49-46-43-40-15-12-9-6-3)63-57(60)51-48-45-42-39-36-19-17-14-11-8-5-2/h7,10,16,18,21-22,24-25,54H,4-6,8-9,11-15,17,19-20,23,26-53H2,1-3H3/b10-7-,18-16-,22-21-,25-24-. The summed E-state index contributed by atoms with van der Waals surface area (Å²) in [6.45, 7) is 6.49. The molecule has 0 aliphatic carbocycles. The molecular weight excluding hydrogens is 781 g/mol. The van der Waals surface area contributed by atoms with Crippen LogP contribution in [0.2, 0.25) is 0 Å². The SMILES string of the molecule is CC/C=C\C/C=C\C/C=C\C/C=C\CCCCCCCCCCCCCCCCC(=O)OCC(COC(=O)CCCCCCCCC)OC(=O)CCCCCCCCCCCCC. The minimum atomic E-state index is -0.765. The fraction of sp³-hybridized carbons (Fsp3) is 0.807. The first kappa shape index (κ1) is 60.4. The van der Waals surface area contributed by atoms with Crippen LogP contribution in [0, 0.1) is 0 Å². The Hall–Kier alpha value is -2.63. The van der Waals surface area contributed by atoms with Crippen molar-refractivity contribution in [2.75, 3.05) is 13.2 Å². The summed E-state index contributed by atoms with van der Waals surface area (Å²) in [6.07, 6.45) is 62.7. The molecule has 1 unspecified atom stereocenters. The molecular formula is C57H102O6. The molecule has 0 saturated carbocycles. The number of esters is 3. The average Bonchev–Trinajstić information content (AvgIpc) is 3.28.